The molecule has 2 aromatic rings. The smallest absolute Gasteiger partial charge is 0.232 e. The Morgan fingerprint density at radius 1 is 1.19 bits per heavy atom. The van der Waals surface area contributed by atoms with E-state index in [2.05, 4.69) is 43.9 Å². The lowest BCUT2D eigenvalue weighted by molar-refractivity contribution is 0.550. The maximum atomic E-state index is 5.84. The van der Waals surface area contributed by atoms with Gasteiger partial charge in [0.2, 0.25) is 17.8 Å². The lowest BCUT2D eigenvalue weighted by Gasteiger charge is -2.28. The monoisotopic (exact) mass is 289 g/mol. The van der Waals surface area contributed by atoms with Crippen LogP contribution in [0.25, 0.3) is 0 Å². The molecule has 9 heteroatoms. The van der Waals surface area contributed by atoms with Crippen molar-refractivity contribution in [1.82, 2.24) is 29.7 Å². The van der Waals surface area contributed by atoms with E-state index < -0.39 is 0 Å². The van der Waals surface area contributed by atoms with E-state index in [1.807, 2.05) is 9.47 Å². The van der Waals surface area contributed by atoms with Crippen LogP contribution in [0.15, 0.2) is 6.33 Å². The summed E-state index contributed by atoms with van der Waals surface area (Å²) in [7, 11) is 0. The molecule has 0 fully saturated rings. The van der Waals surface area contributed by atoms with Crippen molar-refractivity contribution in [3.63, 3.8) is 0 Å². The minimum Gasteiger partial charge on any atom is -0.368 e. The Kier molecular flexibility index (Phi) is 3.55. The number of aromatic nitrogens is 6. The summed E-state index contributed by atoms with van der Waals surface area (Å²) in [4.78, 5) is 17.1. The zero-order chi connectivity index (χ0) is 14.8. The van der Waals surface area contributed by atoms with Crippen molar-refractivity contribution < 1.29 is 0 Å². The molecule has 0 atom stereocenters. The van der Waals surface area contributed by atoms with E-state index in [-0.39, 0.29) is 5.95 Å². The number of nitrogen functional groups attached to an aromatic ring is 1. The average Bonchev–Trinajstić information content (AvgIpc) is 2.95. The average molecular weight is 289 g/mol. The predicted octanol–water partition coefficient (Wildman–Crippen LogP) is -0.0883. The summed E-state index contributed by atoms with van der Waals surface area (Å²) in [5, 5.41) is 8.03. The summed E-state index contributed by atoms with van der Waals surface area (Å²) in [6, 6.07) is 0. The molecule has 0 unspecified atom stereocenters. The molecule has 21 heavy (non-hydrogen) atoms. The molecule has 0 aliphatic carbocycles. The van der Waals surface area contributed by atoms with Gasteiger partial charge in [-0.1, -0.05) is 0 Å². The fourth-order valence-electron chi connectivity index (χ4n) is 2.40. The van der Waals surface area contributed by atoms with Gasteiger partial charge in [0, 0.05) is 26.2 Å². The van der Waals surface area contributed by atoms with Gasteiger partial charge < -0.3 is 20.1 Å². The van der Waals surface area contributed by atoms with Crippen LogP contribution < -0.4 is 15.5 Å². The number of nitrogens with zero attached hydrogens (tertiary/aromatic N) is 8. The predicted molar refractivity (Wildman–Crippen MR) is 78.9 cm³/mol. The van der Waals surface area contributed by atoms with E-state index in [1.165, 1.54) is 0 Å². The number of nitrogens with two attached hydrogens (primary N) is 1. The molecule has 3 rings (SSSR count). The van der Waals surface area contributed by atoms with Gasteiger partial charge in [-0.3, -0.25) is 0 Å². The van der Waals surface area contributed by atoms with Crippen LogP contribution in [0, 0.1) is 0 Å². The maximum absolute atomic E-state index is 5.84. The summed E-state index contributed by atoms with van der Waals surface area (Å²) < 4.78 is 2.03. The van der Waals surface area contributed by atoms with Crippen LogP contribution in [0.5, 0.6) is 0 Å². The lowest BCUT2D eigenvalue weighted by atomic mass is 10.4. The van der Waals surface area contributed by atoms with Crippen LogP contribution in [0.4, 0.5) is 17.8 Å². The Bertz CT molecular complexity index is 619. The molecule has 2 N–H and O–H groups in total. The molecule has 1 aliphatic rings. The van der Waals surface area contributed by atoms with Crippen LogP contribution in [0.1, 0.15) is 19.7 Å². The minimum absolute atomic E-state index is 0.244. The first-order valence-corrected chi connectivity index (χ1v) is 7.09. The van der Waals surface area contributed by atoms with Crippen molar-refractivity contribution in [2.45, 2.75) is 26.9 Å². The Morgan fingerprint density at radius 3 is 2.76 bits per heavy atom. The minimum atomic E-state index is 0.244. The van der Waals surface area contributed by atoms with E-state index in [0.29, 0.717) is 18.4 Å². The van der Waals surface area contributed by atoms with Crippen LogP contribution in [-0.2, 0) is 13.1 Å². The van der Waals surface area contributed by atoms with Crippen molar-refractivity contribution >= 4 is 17.8 Å². The largest absolute Gasteiger partial charge is 0.368 e. The summed E-state index contributed by atoms with van der Waals surface area (Å²) in [5.74, 6) is 2.37. The number of anilines is 3. The van der Waals surface area contributed by atoms with Gasteiger partial charge in [-0.25, -0.2) is 0 Å². The van der Waals surface area contributed by atoms with Crippen molar-refractivity contribution in [2.75, 3.05) is 35.2 Å². The van der Waals surface area contributed by atoms with Gasteiger partial charge in [0.1, 0.15) is 6.33 Å². The van der Waals surface area contributed by atoms with E-state index in [1.54, 1.807) is 6.33 Å². The van der Waals surface area contributed by atoms with Gasteiger partial charge >= 0.3 is 0 Å². The topological polar surface area (TPSA) is 102 Å². The van der Waals surface area contributed by atoms with Crippen LogP contribution in [-0.4, -0.2) is 49.4 Å². The van der Waals surface area contributed by atoms with Crippen molar-refractivity contribution in [3.8, 4) is 0 Å². The second kappa shape index (κ2) is 5.51. The zero-order valence-electron chi connectivity index (χ0n) is 12.3. The zero-order valence-corrected chi connectivity index (χ0v) is 12.3. The second-order valence-electron chi connectivity index (χ2n) is 4.83. The van der Waals surface area contributed by atoms with Crippen molar-refractivity contribution in [1.29, 1.82) is 0 Å². The molecule has 0 amide bonds. The number of hydrogen-bond acceptors (Lipinski definition) is 8. The highest BCUT2D eigenvalue weighted by Gasteiger charge is 2.21. The first kappa shape index (κ1) is 13.5. The molecule has 3 heterocycles. The van der Waals surface area contributed by atoms with Crippen LogP contribution in [0.2, 0.25) is 0 Å². The molecule has 0 bridgehead atoms. The fraction of sp³-hybridized carbons (Fsp3) is 0.583. The molecule has 2 aromatic heterocycles. The van der Waals surface area contributed by atoms with Gasteiger partial charge in [0.05, 0.1) is 6.54 Å². The third kappa shape index (κ3) is 2.58. The third-order valence-electron chi connectivity index (χ3n) is 3.60. The van der Waals surface area contributed by atoms with Gasteiger partial charge in [-0.05, 0) is 13.8 Å². The van der Waals surface area contributed by atoms with Crippen LogP contribution >= 0.6 is 0 Å². The van der Waals surface area contributed by atoms with Gasteiger partial charge in [0.25, 0.3) is 0 Å². The highest BCUT2D eigenvalue weighted by Crippen LogP contribution is 2.19. The molecular formula is C12H19N9. The highest BCUT2D eigenvalue weighted by molar-refractivity contribution is 5.43. The molecular weight excluding hydrogens is 270 g/mol. The second-order valence-corrected chi connectivity index (χ2v) is 4.83. The van der Waals surface area contributed by atoms with Crippen LogP contribution in [0.3, 0.4) is 0 Å². The van der Waals surface area contributed by atoms with Gasteiger partial charge in [-0.2, -0.15) is 15.0 Å². The summed E-state index contributed by atoms with van der Waals surface area (Å²) in [6.07, 6.45) is 1.75. The Hall–Kier alpha value is -2.45. The Balaban J connectivity index is 1.89. The number of rotatable bonds is 4. The summed E-state index contributed by atoms with van der Waals surface area (Å²) >= 11 is 0. The third-order valence-corrected chi connectivity index (χ3v) is 3.60. The molecule has 112 valence electrons. The quantitative estimate of drug-likeness (QED) is 0.833. The first-order valence-electron chi connectivity index (χ1n) is 7.09. The highest BCUT2D eigenvalue weighted by atomic mass is 15.4. The van der Waals surface area contributed by atoms with Gasteiger partial charge in [0.15, 0.2) is 5.82 Å². The molecule has 9 nitrogen and oxygen atoms in total. The van der Waals surface area contributed by atoms with Crippen molar-refractivity contribution in [2.24, 2.45) is 0 Å². The number of hydrogen-bond donors (Lipinski definition) is 1. The van der Waals surface area contributed by atoms with E-state index in [4.69, 9.17) is 5.73 Å². The Morgan fingerprint density at radius 2 is 2.00 bits per heavy atom. The van der Waals surface area contributed by atoms with E-state index in [0.717, 1.165) is 32.0 Å². The summed E-state index contributed by atoms with van der Waals surface area (Å²) in [6.45, 7) is 8.02. The first-order chi connectivity index (χ1) is 10.2. The standard InChI is InChI=1S/C12H19N9/c1-3-19(4-2)11-15-10(13)16-12(17-11)20-5-6-21-8-14-18-9(21)7-20/h8H,3-7H2,1-2H3,(H2,13,15,16,17). The fourth-order valence-corrected chi connectivity index (χ4v) is 2.40. The van der Waals surface area contributed by atoms with E-state index >= 15 is 0 Å². The Labute approximate surface area is 122 Å². The van der Waals surface area contributed by atoms with Crippen molar-refractivity contribution in [3.05, 3.63) is 12.2 Å². The lowest BCUT2D eigenvalue weighted by Crippen LogP contribution is -2.35. The number of fused-ring (bicyclic) bond motifs is 1. The molecule has 0 aromatic carbocycles. The van der Waals surface area contributed by atoms with E-state index in [9.17, 15) is 0 Å². The maximum Gasteiger partial charge on any atom is 0.232 e. The normalized spacial score (nSPS) is 14.1. The SMILES string of the molecule is CCN(CC)c1nc(N)nc(N2CCn3cnnc3C2)n1. The summed E-state index contributed by atoms with van der Waals surface area (Å²) in [5.41, 5.74) is 5.84. The molecule has 0 spiro atoms. The molecule has 0 radical (unpaired) electrons. The molecule has 0 saturated heterocycles. The molecule has 0 saturated carbocycles. The van der Waals surface area contributed by atoms with Gasteiger partial charge in [-0.15, -0.1) is 10.2 Å². The molecule has 1 aliphatic heterocycles.